The average molecular weight is 260 g/mol. The number of nitriles is 1. The van der Waals surface area contributed by atoms with Crippen molar-refractivity contribution in [1.82, 2.24) is 4.90 Å². The van der Waals surface area contributed by atoms with Crippen LogP contribution in [0.15, 0.2) is 29.8 Å². The fourth-order valence-corrected chi connectivity index (χ4v) is 1.83. The standard InChI is InChI=1S/C14H13FN2O2/c15-13-4-2-1-3-11(13)9-12(10-16)14(18)17-5-7-19-8-6-17/h1-4,9H,5-8H2/b12-9+. The van der Waals surface area contributed by atoms with Crippen LogP contribution in [0.5, 0.6) is 0 Å². The molecular formula is C14H13FN2O2. The first kappa shape index (κ1) is 13.2. The molecule has 98 valence electrons. The monoisotopic (exact) mass is 260 g/mol. The van der Waals surface area contributed by atoms with Crippen LogP contribution in [-0.2, 0) is 9.53 Å². The third-order valence-electron chi connectivity index (χ3n) is 2.85. The summed E-state index contributed by atoms with van der Waals surface area (Å²) in [6, 6.07) is 7.87. The molecule has 0 spiro atoms. The van der Waals surface area contributed by atoms with Gasteiger partial charge in [0.2, 0.25) is 0 Å². The van der Waals surface area contributed by atoms with Gasteiger partial charge in [-0.1, -0.05) is 18.2 Å². The number of hydrogen-bond acceptors (Lipinski definition) is 3. The molecule has 1 saturated heterocycles. The van der Waals surface area contributed by atoms with E-state index in [0.29, 0.717) is 26.3 Å². The van der Waals surface area contributed by atoms with E-state index in [-0.39, 0.29) is 17.0 Å². The smallest absolute Gasteiger partial charge is 0.264 e. The highest BCUT2D eigenvalue weighted by Gasteiger charge is 2.20. The van der Waals surface area contributed by atoms with E-state index in [2.05, 4.69) is 0 Å². The summed E-state index contributed by atoms with van der Waals surface area (Å²) in [6.45, 7) is 1.83. The Kier molecular flexibility index (Phi) is 4.26. The van der Waals surface area contributed by atoms with Gasteiger partial charge in [0.1, 0.15) is 17.5 Å². The molecule has 0 N–H and O–H groups in total. The zero-order valence-electron chi connectivity index (χ0n) is 10.3. The first-order chi connectivity index (χ1) is 9.22. The Hall–Kier alpha value is -2.19. The Balaban J connectivity index is 2.22. The van der Waals surface area contributed by atoms with Crippen molar-refractivity contribution >= 4 is 12.0 Å². The van der Waals surface area contributed by atoms with Crippen LogP contribution in [0, 0.1) is 17.1 Å². The van der Waals surface area contributed by atoms with Gasteiger partial charge in [0.05, 0.1) is 13.2 Å². The summed E-state index contributed by atoms with van der Waals surface area (Å²) in [5.41, 5.74) is 0.174. The largest absolute Gasteiger partial charge is 0.378 e. The second-order valence-electron chi connectivity index (χ2n) is 4.10. The summed E-state index contributed by atoms with van der Waals surface area (Å²) in [5.74, 6) is -0.834. The summed E-state index contributed by atoms with van der Waals surface area (Å²) in [4.78, 5) is 13.6. The normalized spacial score (nSPS) is 16.0. The molecule has 1 aliphatic rings. The molecule has 0 unspecified atom stereocenters. The van der Waals surface area contributed by atoms with Gasteiger partial charge in [-0.05, 0) is 12.1 Å². The van der Waals surface area contributed by atoms with E-state index in [1.54, 1.807) is 17.0 Å². The molecular weight excluding hydrogens is 247 g/mol. The fourth-order valence-electron chi connectivity index (χ4n) is 1.83. The highest BCUT2D eigenvalue weighted by molar-refractivity contribution is 6.01. The predicted molar refractivity (Wildman–Crippen MR) is 67.4 cm³/mol. The minimum absolute atomic E-state index is 0.0630. The predicted octanol–water partition coefficient (Wildman–Crippen LogP) is 1.59. The third kappa shape index (κ3) is 3.18. The van der Waals surface area contributed by atoms with E-state index in [9.17, 15) is 9.18 Å². The van der Waals surface area contributed by atoms with Crippen LogP contribution in [0.2, 0.25) is 0 Å². The molecule has 0 aliphatic carbocycles. The SMILES string of the molecule is N#C/C(=C\c1ccccc1F)C(=O)N1CCOCC1. The molecule has 0 saturated carbocycles. The number of nitrogens with zero attached hydrogens (tertiary/aromatic N) is 2. The van der Waals surface area contributed by atoms with E-state index in [0.717, 1.165) is 0 Å². The number of amides is 1. The maximum absolute atomic E-state index is 13.5. The molecule has 1 fully saturated rings. The molecule has 1 amide bonds. The van der Waals surface area contributed by atoms with Gasteiger partial charge in [-0.2, -0.15) is 5.26 Å². The molecule has 1 aromatic rings. The number of carbonyl (C=O) groups excluding carboxylic acids is 1. The lowest BCUT2D eigenvalue weighted by Crippen LogP contribution is -2.41. The summed E-state index contributed by atoms with van der Waals surface area (Å²) in [6.07, 6.45) is 1.28. The first-order valence-electron chi connectivity index (χ1n) is 5.95. The zero-order valence-corrected chi connectivity index (χ0v) is 10.3. The van der Waals surface area contributed by atoms with Crippen LogP contribution in [-0.4, -0.2) is 37.1 Å². The lowest BCUT2D eigenvalue weighted by atomic mass is 10.1. The topological polar surface area (TPSA) is 53.3 Å². The van der Waals surface area contributed by atoms with Crippen molar-refractivity contribution in [3.05, 3.63) is 41.2 Å². The quantitative estimate of drug-likeness (QED) is 0.599. The molecule has 2 rings (SSSR count). The summed E-state index contributed by atoms with van der Waals surface area (Å²) in [7, 11) is 0. The van der Waals surface area contributed by atoms with E-state index in [4.69, 9.17) is 10.00 Å². The van der Waals surface area contributed by atoms with Gasteiger partial charge in [-0.25, -0.2) is 4.39 Å². The van der Waals surface area contributed by atoms with Crippen LogP contribution < -0.4 is 0 Å². The van der Waals surface area contributed by atoms with Crippen molar-refractivity contribution in [3.8, 4) is 6.07 Å². The number of ether oxygens (including phenoxy) is 1. The molecule has 5 heteroatoms. The van der Waals surface area contributed by atoms with Crippen LogP contribution in [0.25, 0.3) is 6.08 Å². The molecule has 0 aromatic heterocycles. The van der Waals surface area contributed by atoms with Gasteiger partial charge in [0.25, 0.3) is 5.91 Å². The fraction of sp³-hybridized carbons (Fsp3) is 0.286. The van der Waals surface area contributed by atoms with Gasteiger partial charge >= 0.3 is 0 Å². The van der Waals surface area contributed by atoms with Gasteiger partial charge in [0.15, 0.2) is 0 Å². The van der Waals surface area contributed by atoms with E-state index in [1.165, 1.54) is 18.2 Å². The van der Waals surface area contributed by atoms with E-state index in [1.807, 2.05) is 6.07 Å². The van der Waals surface area contributed by atoms with Crippen LogP contribution in [0.1, 0.15) is 5.56 Å². The Morgan fingerprint density at radius 1 is 1.37 bits per heavy atom. The first-order valence-corrected chi connectivity index (χ1v) is 5.95. The number of rotatable bonds is 2. The van der Waals surface area contributed by atoms with Crippen LogP contribution in [0.4, 0.5) is 4.39 Å². The molecule has 0 bridgehead atoms. The lowest BCUT2D eigenvalue weighted by molar-refractivity contribution is -0.130. The Morgan fingerprint density at radius 3 is 2.68 bits per heavy atom. The maximum Gasteiger partial charge on any atom is 0.264 e. The van der Waals surface area contributed by atoms with Crippen molar-refractivity contribution in [2.75, 3.05) is 26.3 Å². The maximum atomic E-state index is 13.5. The van der Waals surface area contributed by atoms with E-state index >= 15 is 0 Å². The Bertz CT molecular complexity index is 543. The van der Waals surface area contributed by atoms with Gasteiger partial charge in [-0.3, -0.25) is 4.79 Å². The molecule has 0 radical (unpaired) electrons. The summed E-state index contributed by atoms with van der Waals surface area (Å²) >= 11 is 0. The second-order valence-corrected chi connectivity index (χ2v) is 4.10. The third-order valence-corrected chi connectivity index (χ3v) is 2.85. The Morgan fingerprint density at radius 2 is 2.05 bits per heavy atom. The van der Waals surface area contributed by atoms with Gasteiger partial charge in [-0.15, -0.1) is 0 Å². The summed E-state index contributed by atoms with van der Waals surface area (Å²) < 4.78 is 18.6. The van der Waals surface area contributed by atoms with Crippen molar-refractivity contribution < 1.29 is 13.9 Å². The Labute approximate surface area is 110 Å². The highest BCUT2D eigenvalue weighted by Crippen LogP contribution is 2.13. The van der Waals surface area contributed by atoms with Crippen molar-refractivity contribution in [1.29, 1.82) is 5.26 Å². The second kappa shape index (κ2) is 6.12. The number of halogens is 1. The molecule has 19 heavy (non-hydrogen) atoms. The van der Waals surface area contributed by atoms with Gasteiger partial charge in [0, 0.05) is 18.7 Å². The number of hydrogen-bond donors (Lipinski definition) is 0. The van der Waals surface area contributed by atoms with Crippen molar-refractivity contribution in [3.63, 3.8) is 0 Å². The van der Waals surface area contributed by atoms with E-state index < -0.39 is 5.82 Å². The molecule has 1 heterocycles. The molecule has 4 nitrogen and oxygen atoms in total. The number of benzene rings is 1. The number of carbonyl (C=O) groups is 1. The van der Waals surface area contributed by atoms with Crippen molar-refractivity contribution in [2.24, 2.45) is 0 Å². The zero-order chi connectivity index (χ0) is 13.7. The van der Waals surface area contributed by atoms with Crippen molar-refractivity contribution in [2.45, 2.75) is 0 Å². The van der Waals surface area contributed by atoms with Crippen LogP contribution in [0.3, 0.4) is 0 Å². The lowest BCUT2D eigenvalue weighted by Gasteiger charge is -2.26. The molecule has 1 aromatic carbocycles. The minimum Gasteiger partial charge on any atom is -0.378 e. The highest BCUT2D eigenvalue weighted by atomic mass is 19.1. The molecule has 0 atom stereocenters. The van der Waals surface area contributed by atoms with Gasteiger partial charge < -0.3 is 9.64 Å². The number of morpholine rings is 1. The van der Waals surface area contributed by atoms with Crippen LogP contribution >= 0.6 is 0 Å². The average Bonchev–Trinajstić information content (AvgIpc) is 2.47. The minimum atomic E-state index is -0.454. The summed E-state index contributed by atoms with van der Waals surface area (Å²) in [5, 5.41) is 9.06. The molecule has 1 aliphatic heterocycles.